The second-order valence-corrected chi connectivity index (χ2v) is 18.5. The van der Waals surface area contributed by atoms with Crippen LogP contribution in [0, 0.1) is 0 Å². The molecule has 0 fully saturated rings. The second-order valence-electron chi connectivity index (χ2n) is 9.70. The van der Waals surface area contributed by atoms with Crippen molar-refractivity contribution in [2.24, 2.45) is 0 Å². The number of rotatable bonds is 13. The molecule has 2 aromatic rings. The summed E-state index contributed by atoms with van der Waals surface area (Å²) in [5.41, 5.74) is 0. The smallest absolute Gasteiger partial charge is 0.261 e. The van der Waals surface area contributed by atoms with Crippen LogP contribution in [0.3, 0.4) is 0 Å². The Hall–Kier alpha value is -1.29. The lowest BCUT2D eigenvalue weighted by Crippen LogP contribution is -2.66. The van der Waals surface area contributed by atoms with Crippen molar-refractivity contribution in [3.8, 4) is 0 Å². The molecule has 6 heteroatoms. The highest BCUT2D eigenvalue weighted by Crippen LogP contribution is 2.36. The zero-order chi connectivity index (χ0) is 22.8. The molecular formula is C25H40O4Si2. The van der Waals surface area contributed by atoms with Crippen molar-refractivity contribution in [1.82, 2.24) is 0 Å². The van der Waals surface area contributed by atoms with E-state index in [-0.39, 0.29) is 5.04 Å². The molecule has 0 aliphatic carbocycles. The molecule has 0 saturated carbocycles. The van der Waals surface area contributed by atoms with Crippen LogP contribution in [0.25, 0.3) is 0 Å². The number of benzene rings is 2. The standard InChI is InChI=1S/C25H40O4Si2/c1-25(2,3)31(23-13-9-7-10-14-23,24-15-11-8-12-16-24)29-22-20-27-18-17-26-19-21-28-30(4,5)6/h7-16H,17-22H2,1-6H3. The van der Waals surface area contributed by atoms with Crippen LogP contribution in [0.2, 0.25) is 24.7 Å². The Morgan fingerprint density at radius 1 is 0.581 bits per heavy atom. The summed E-state index contributed by atoms with van der Waals surface area (Å²) in [6.07, 6.45) is 0. The van der Waals surface area contributed by atoms with Gasteiger partial charge in [-0.1, -0.05) is 81.4 Å². The highest BCUT2D eigenvalue weighted by molar-refractivity contribution is 6.99. The third kappa shape index (κ3) is 7.97. The van der Waals surface area contributed by atoms with E-state index in [1.165, 1.54) is 10.4 Å². The van der Waals surface area contributed by atoms with E-state index in [9.17, 15) is 0 Å². The summed E-state index contributed by atoms with van der Waals surface area (Å²) in [4.78, 5) is 0. The van der Waals surface area contributed by atoms with E-state index >= 15 is 0 Å². The number of ether oxygens (including phenoxy) is 2. The molecule has 4 nitrogen and oxygen atoms in total. The SMILES string of the molecule is CC(C)(C)[Si](OCCOCCOCCO[Si](C)(C)C)(c1ccccc1)c1ccccc1. The van der Waals surface area contributed by atoms with E-state index < -0.39 is 16.6 Å². The summed E-state index contributed by atoms with van der Waals surface area (Å²) < 4.78 is 24.0. The van der Waals surface area contributed by atoms with Gasteiger partial charge in [0.15, 0.2) is 8.32 Å². The van der Waals surface area contributed by atoms with Gasteiger partial charge in [0.2, 0.25) is 0 Å². The number of hydrogen-bond acceptors (Lipinski definition) is 4. The molecule has 0 saturated heterocycles. The average molecular weight is 461 g/mol. The van der Waals surface area contributed by atoms with Crippen molar-refractivity contribution >= 4 is 27.0 Å². The van der Waals surface area contributed by atoms with Crippen LogP contribution in [0.5, 0.6) is 0 Å². The van der Waals surface area contributed by atoms with Gasteiger partial charge in [0.1, 0.15) is 0 Å². The minimum atomic E-state index is -2.48. The summed E-state index contributed by atoms with van der Waals surface area (Å²) >= 11 is 0. The van der Waals surface area contributed by atoms with Gasteiger partial charge in [-0.25, -0.2) is 0 Å². The number of hydrogen-bond donors (Lipinski definition) is 0. The van der Waals surface area contributed by atoms with Crippen LogP contribution >= 0.6 is 0 Å². The van der Waals surface area contributed by atoms with Crippen LogP contribution in [0.1, 0.15) is 20.8 Å². The maximum atomic E-state index is 6.81. The van der Waals surface area contributed by atoms with Crippen LogP contribution < -0.4 is 10.4 Å². The summed E-state index contributed by atoms with van der Waals surface area (Å²) in [5, 5.41) is 2.56. The minimum Gasteiger partial charge on any atom is -0.415 e. The first-order valence-corrected chi connectivity index (χ1v) is 16.5. The van der Waals surface area contributed by atoms with Crippen molar-refractivity contribution in [3.63, 3.8) is 0 Å². The minimum absolute atomic E-state index is 0.0187. The van der Waals surface area contributed by atoms with Crippen LogP contribution in [0.15, 0.2) is 60.7 Å². The summed E-state index contributed by atoms with van der Waals surface area (Å²) in [6.45, 7) is 16.9. The van der Waals surface area contributed by atoms with E-state index in [1.54, 1.807) is 0 Å². The molecule has 0 amide bonds. The van der Waals surface area contributed by atoms with Crippen molar-refractivity contribution < 1.29 is 18.3 Å². The Labute approximate surface area is 191 Å². The predicted molar refractivity (Wildman–Crippen MR) is 135 cm³/mol. The van der Waals surface area contributed by atoms with E-state index in [0.29, 0.717) is 39.6 Å². The molecule has 0 aliphatic rings. The zero-order valence-corrected chi connectivity index (χ0v) is 22.1. The Morgan fingerprint density at radius 3 is 1.35 bits per heavy atom. The van der Waals surface area contributed by atoms with Crippen LogP contribution in [-0.4, -0.2) is 56.3 Å². The first kappa shape index (κ1) is 26.0. The van der Waals surface area contributed by atoms with E-state index in [2.05, 4.69) is 101 Å². The van der Waals surface area contributed by atoms with Crippen molar-refractivity contribution in [1.29, 1.82) is 0 Å². The van der Waals surface area contributed by atoms with Gasteiger partial charge >= 0.3 is 0 Å². The van der Waals surface area contributed by atoms with E-state index in [1.807, 2.05) is 0 Å². The van der Waals surface area contributed by atoms with Gasteiger partial charge in [0.05, 0.1) is 39.6 Å². The van der Waals surface area contributed by atoms with E-state index in [0.717, 1.165) is 0 Å². The Morgan fingerprint density at radius 2 is 0.968 bits per heavy atom. The lowest BCUT2D eigenvalue weighted by atomic mass is 10.2. The maximum absolute atomic E-state index is 6.81. The monoisotopic (exact) mass is 460 g/mol. The quantitative estimate of drug-likeness (QED) is 0.327. The topological polar surface area (TPSA) is 36.9 Å². The van der Waals surface area contributed by atoms with Gasteiger partial charge in [-0.3, -0.25) is 0 Å². The van der Waals surface area contributed by atoms with Crippen LogP contribution in [0.4, 0.5) is 0 Å². The molecule has 0 aliphatic heterocycles. The molecule has 0 N–H and O–H groups in total. The molecule has 0 atom stereocenters. The normalized spacial score (nSPS) is 12.8. The van der Waals surface area contributed by atoms with E-state index in [4.69, 9.17) is 18.3 Å². The highest BCUT2D eigenvalue weighted by Gasteiger charge is 2.49. The largest absolute Gasteiger partial charge is 0.415 e. The Balaban J connectivity index is 1.92. The molecule has 2 rings (SSSR count). The molecule has 0 spiro atoms. The molecule has 0 unspecified atom stereocenters. The third-order valence-corrected chi connectivity index (χ3v) is 11.2. The molecule has 172 valence electrons. The third-order valence-electron chi connectivity index (χ3n) is 5.10. The second kappa shape index (κ2) is 12.1. The fraction of sp³-hybridized carbons (Fsp3) is 0.520. The predicted octanol–water partition coefficient (Wildman–Crippen LogP) is 4.45. The highest BCUT2D eigenvalue weighted by atomic mass is 28.4. The molecule has 2 aromatic carbocycles. The molecular weight excluding hydrogens is 420 g/mol. The Kier molecular flexibility index (Phi) is 10.1. The molecule has 0 radical (unpaired) electrons. The van der Waals surface area contributed by atoms with Gasteiger partial charge in [0.25, 0.3) is 8.32 Å². The Bertz CT molecular complexity index is 700. The maximum Gasteiger partial charge on any atom is 0.261 e. The molecule has 0 aromatic heterocycles. The fourth-order valence-corrected chi connectivity index (χ4v) is 8.98. The van der Waals surface area contributed by atoms with Crippen molar-refractivity contribution in [2.45, 2.75) is 45.5 Å². The average Bonchev–Trinajstić information content (AvgIpc) is 2.72. The van der Waals surface area contributed by atoms with Gasteiger partial charge in [0, 0.05) is 0 Å². The zero-order valence-electron chi connectivity index (χ0n) is 20.1. The molecule has 31 heavy (non-hydrogen) atoms. The first-order valence-electron chi connectivity index (χ1n) is 11.2. The molecule has 0 heterocycles. The summed E-state index contributed by atoms with van der Waals surface area (Å²) in [5.74, 6) is 0. The van der Waals surface area contributed by atoms with Crippen molar-refractivity contribution in [2.75, 3.05) is 39.6 Å². The van der Waals surface area contributed by atoms with Crippen LogP contribution in [-0.2, 0) is 18.3 Å². The molecule has 0 bridgehead atoms. The van der Waals surface area contributed by atoms with Gasteiger partial charge in [-0.05, 0) is 35.1 Å². The summed E-state index contributed by atoms with van der Waals surface area (Å²) in [7, 11) is -3.93. The lowest BCUT2D eigenvalue weighted by molar-refractivity contribution is 0.0257. The van der Waals surface area contributed by atoms with Gasteiger partial charge in [-0.2, -0.15) is 0 Å². The first-order chi connectivity index (χ1) is 14.7. The van der Waals surface area contributed by atoms with Crippen molar-refractivity contribution in [3.05, 3.63) is 60.7 Å². The lowest BCUT2D eigenvalue weighted by Gasteiger charge is -2.43. The van der Waals surface area contributed by atoms with Gasteiger partial charge < -0.3 is 18.3 Å². The fourth-order valence-electron chi connectivity index (χ4n) is 3.74. The summed E-state index contributed by atoms with van der Waals surface area (Å²) in [6, 6.07) is 21.4. The van der Waals surface area contributed by atoms with Gasteiger partial charge in [-0.15, -0.1) is 0 Å².